The van der Waals surface area contributed by atoms with Gasteiger partial charge in [0.25, 0.3) is 0 Å². The zero-order chi connectivity index (χ0) is 11.8. The van der Waals surface area contributed by atoms with Crippen molar-refractivity contribution in [3.63, 3.8) is 0 Å². The van der Waals surface area contributed by atoms with Gasteiger partial charge in [-0.3, -0.25) is 4.79 Å². The maximum Gasteiger partial charge on any atom is 0.230 e. The summed E-state index contributed by atoms with van der Waals surface area (Å²) >= 11 is 2.92. The maximum atomic E-state index is 11.3. The van der Waals surface area contributed by atoms with Gasteiger partial charge in [0.2, 0.25) is 5.91 Å². The summed E-state index contributed by atoms with van der Waals surface area (Å²) in [6.45, 7) is 0.295. The van der Waals surface area contributed by atoms with E-state index in [4.69, 9.17) is 10.2 Å². The van der Waals surface area contributed by atoms with E-state index in [1.807, 2.05) is 17.5 Å². The highest BCUT2D eigenvalue weighted by Crippen LogP contribution is 2.08. The number of carbonyl (C=O) groups is 1. The van der Waals surface area contributed by atoms with Crippen LogP contribution in [0.2, 0.25) is 0 Å². The summed E-state index contributed by atoms with van der Waals surface area (Å²) in [6, 6.07) is 3.91. The van der Waals surface area contributed by atoms with Crippen molar-refractivity contribution < 1.29 is 15.0 Å². The van der Waals surface area contributed by atoms with Crippen molar-refractivity contribution >= 4 is 29.0 Å². The Bertz CT molecular complexity index is 303. The van der Waals surface area contributed by atoms with Gasteiger partial charge in [-0.25, -0.2) is 0 Å². The van der Waals surface area contributed by atoms with E-state index in [-0.39, 0.29) is 12.5 Å². The fourth-order valence-corrected chi connectivity index (χ4v) is 2.42. The topological polar surface area (TPSA) is 69.6 Å². The number of hydrogen-bond acceptors (Lipinski definition) is 5. The first-order valence-corrected chi connectivity index (χ1v) is 6.91. The van der Waals surface area contributed by atoms with Gasteiger partial charge in [-0.15, -0.1) is 23.1 Å². The van der Waals surface area contributed by atoms with Crippen molar-refractivity contribution in [3.8, 4) is 0 Å². The molecule has 0 aliphatic carbocycles. The Labute approximate surface area is 103 Å². The quantitative estimate of drug-likeness (QED) is 0.666. The molecule has 0 fully saturated rings. The minimum absolute atomic E-state index is 0.0523. The second-order valence-electron chi connectivity index (χ2n) is 3.21. The SMILES string of the molecule is O=C(CSCC(O)CO)NCc1cccs1. The fraction of sp³-hybridized carbons (Fsp3) is 0.500. The van der Waals surface area contributed by atoms with Crippen LogP contribution in [-0.2, 0) is 11.3 Å². The Morgan fingerprint density at radius 3 is 3.06 bits per heavy atom. The summed E-state index contributed by atoms with van der Waals surface area (Å²) in [6.07, 6.45) is -0.741. The molecule has 90 valence electrons. The van der Waals surface area contributed by atoms with Crippen LogP contribution in [0.1, 0.15) is 4.88 Å². The van der Waals surface area contributed by atoms with E-state index < -0.39 is 6.10 Å². The Morgan fingerprint density at radius 2 is 2.44 bits per heavy atom. The normalized spacial score (nSPS) is 12.4. The second-order valence-corrected chi connectivity index (χ2v) is 5.27. The van der Waals surface area contributed by atoms with Crippen LogP contribution in [0.4, 0.5) is 0 Å². The summed E-state index contributed by atoms with van der Waals surface area (Å²) in [7, 11) is 0. The molecular formula is C10H15NO3S2. The molecule has 1 heterocycles. The summed E-state index contributed by atoms with van der Waals surface area (Å²) in [5.74, 6) is 0.634. The molecule has 1 aromatic rings. The van der Waals surface area contributed by atoms with Crippen LogP contribution < -0.4 is 5.32 Å². The van der Waals surface area contributed by atoms with Crippen molar-refractivity contribution in [2.24, 2.45) is 0 Å². The van der Waals surface area contributed by atoms with Gasteiger partial charge in [0, 0.05) is 10.6 Å². The van der Waals surface area contributed by atoms with E-state index in [1.54, 1.807) is 11.3 Å². The monoisotopic (exact) mass is 261 g/mol. The molecule has 6 heteroatoms. The maximum absolute atomic E-state index is 11.3. The standard InChI is InChI=1S/C10H15NO3S2/c12-5-8(13)6-15-7-10(14)11-4-9-2-1-3-16-9/h1-3,8,12-13H,4-7H2,(H,11,14). The number of hydrogen-bond donors (Lipinski definition) is 3. The van der Waals surface area contributed by atoms with Crippen LogP contribution >= 0.6 is 23.1 Å². The zero-order valence-electron chi connectivity index (χ0n) is 8.76. The summed E-state index contributed by atoms with van der Waals surface area (Å²) < 4.78 is 0. The Hall–Kier alpha value is -0.560. The van der Waals surface area contributed by atoms with Gasteiger partial charge in [-0.2, -0.15) is 0 Å². The third-order valence-electron chi connectivity index (χ3n) is 1.79. The molecule has 1 amide bonds. The van der Waals surface area contributed by atoms with Gasteiger partial charge in [0.05, 0.1) is 25.0 Å². The van der Waals surface area contributed by atoms with Crippen molar-refractivity contribution in [1.29, 1.82) is 0 Å². The molecule has 4 nitrogen and oxygen atoms in total. The highest BCUT2D eigenvalue weighted by atomic mass is 32.2. The highest BCUT2D eigenvalue weighted by Gasteiger charge is 2.05. The molecule has 16 heavy (non-hydrogen) atoms. The van der Waals surface area contributed by atoms with E-state index in [2.05, 4.69) is 5.32 Å². The number of thiophene rings is 1. The number of nitrogens with one attached hydrogen (secondary N) is 1. The lowest BCUT2D eigenvalue weighted by Crippen LogP contribution is -2.25. The number of amides is 1. The molecule has 1 atom stereocenters. The average Bonchev–Trinajstić information content (AvgIpc) is 2.79. The number of aliphatic hydroxyl groups excluding tert-OH is 2. The van der Waals surface area contributed by atoms with E-state index >= 15 is 0 Å². The van der Waals surface area contributed by atoms with Crippen molar-refractivity contribution in [3.05, 3.63) is 22.4 Å². The minimum Gasteiger partial charge on any atom is -0.394 e. The molecule has 0 spiro atoms. The van der Waals surface area contributed by atoms with Crippen molar-refractivity contribution in [2.75, 3.05) is 18.1 Å². The van der Waals surface area contributed by atoms with Gasteiger partial charge in [-0.05, 0) is 11.4 Å². The van der Waals surface area contributed by atoms with Crippen LogP contribution in [0.25, 0.3) is 0 Å². The predicted molar refractivity (Wildman–Crippen MR) is 66.6 cm³/mol. The molecule has 0 radical (unpaired) electrons. The molecule has 0 saturated carbocycles. The van der Waals surface area contributed by atoms with Crippen molar-refractivity contribution in [2.45, 2.75) is 12.6 Å². The molecule has 0 aliphatic heterocycles. The molecule has 0 aliphatic rings. The van der Waals surface area contributed by atoms with Gasteiger partial charge < -0.3 is 15.5 Å². The van der Waals surface area contributed by atoms with Crippen LogP contribution in [0.3, 0.4) is 0 Å². The van der Waals surface area contributed by atoms with Gasteiger partial charge in [0.1, 0.15) is 0 Å². The van der Waals surface area contributed by atoms with Gasteiger partial charge >= 0.3 is 0 Å². The first-order valence-electron chi connectivity index (χ1n) is 4.88. The van der Waals surface area contributed by atoms with Gasteiger partial charge in [-0.1, -0.05) is 6.07 Å². The first-order chi connectivity index (χ1) is 7.72. The minimum atomic E-state index is -0.741. The third-order valence-corrected chi connectivity index (χ3v) is 3.76. The van der Waals surface area contributed by atoms with E-state index in [1.165, 1.54) is 11.8 Å². The molecule has 0 bridgehead atoms. The van der Waals surface area contributed by atoms with Crippen LogP contribution in [0, 0.1) is 0 Å². The summed E-state index contributed by atoms with van der Waals surface area (Å²) in [5, 5.41) is 22.4. The van der Waals surface area contributed by atoms with E-state index in [0.717, 1.165) is 4.88 Å². The van der Waals surface area contributed by atoms with Gasteiger partial charge in [0.15, 0.2) is 0 Å². The molecule has 3 N–H and O–H groups in total. The van der Waals surface area contributed by atoms with E-state index in [0.29, 0.717) is 18.1 Å². The number of carbonyl (C=O) groups excluding carboxylic acids is 1. The largest absolute Gasteiger partial charge is 0.394 e. The summed E-state index contributed by atoms with van der Waals surface area (Å²) in [4.78, 5) is 12.5. The van der Waals surface area contributed by atoms with E-state index in [9.17, 15) is 4.79 Å². The molecule has 0 aromatic carbocycles. The number of thioether (sulfide) groups is 1. The van der Waals surface area contributed by atoms with Crippen molar-refractivity contribution in [1.82, 2.24) is 5.32 Å². The fourth-order valence-electron chi connectivity index (χ4n) is 0.990. The second kappa shape index (κ2) is 7.67. The smallest absolute Gasteiger partial charge is 0.230 e. The lowest BCUT2D eigenvalue weighted by Gasteiger charge is -2.06. The third kappa shape index (κ3) is 5.50. The van der Waals surface area contributed by atoms with Crippen LogP contribution in [0.5, 0.6) is 0 Å². The predicted octanol–water partition coefficient (Wildman–Crippen LogP) is 0.451. The van der Waals surface area contributed by atoms with Crippen LogP contribution in [-0.4, -0.2) is 40.3 Å². The molecule has 1 unspecified atom stereocenters. The molecule has 0 saturated heterocycles. The Kier molecular flexibility index (Phi) is 6.47. The molecular weight excluding hydrogens is 246 g/mol. The van der Waals surface area contributed by atoms with Crippen LogP contribution in [0.15, 0.2) is 17.5 Å². The number of aliphatic hydroxyl groups is 2. The Balaban J connectivity index is 2.07. The Morgan fingerprint density at radius 1 is 1.62 bits per heavy atom. The highest BCUT2D eigenvalue weighted by molar-refractivity contribution is 7.99. The lowest BCUT2D eigenvalue weighted by atomic mass is 10.4. The first kappa shape index (κ1) is 13.5. The summed E-state index contributed by atoms with van der Waals surface area (Å²) in [5.41, 5.74) is 0. The molecule has 1 aromatic heterocycles. The molecule has 1 rings (SSSR count). The zero-order valence-corrected chi connectivity index (χ0v) is 10.4. The number of rotatable bonds is 7. The lowest BCUT2D eigenvalue weighted by molar-refractivity contribution is -0.118. The average molecular weight is 261 g/mol.